The Morgan fingerprint density at radius 3 is 2.67 bits per heavy atom. The first-order valence-electron chi connectivity index (χ1n) is 5.82. The number of rotatable bonds is 3. The van der Waals surface area contributed by atoms with Crippen LogP contribution in [0.15, 0.2) is 24.4 Å². The minimum absolute atomic E-state index is 0.0267. The van der Waals surface area contributed by atoms with E-state index in [0.717, 1.165) is 5.39 Å². The first-order valence-corrected chi connectivity index (χ1v) is 5.82. The predicted octanol–water partition coefficient (Wildman–Crippen LogP) is 2.73. The van der Waals surface area contributed by atoms with Crippen LogP contribution in [-0.2, 0) is 6.54 Å². The molecule has 5 heteroatoms. The molecule has 0 unspecified atom stereocenters. The number of hydrogen-bond acceptors (Lipinski definition) is 2. The van der Waals surface area contributed by atoms with Gasteiger partial charge in [-0.15, -0.1) is 0 Å². The standard InChI is InChI=1S/C13H16BFNO2/c1-13(2,3)8-16-7-6-9-4-5-10(18-14-17)11(15)12(9)16/h4-7,17H,8H2,1-3H3. The van der Waals surface area contributed by atoms with Crippen LogP contribution in [0.25, 0.3) is 10.9 Å². The number of halogens is 1. The first kappa shape index (κ1) is 13.0. The van der Waals surface area contributed by atoms with E-state index < -0.39 is 5.82 Å². The van der Waals surface area contributed by atoms with Crippen LogP contribution in [0, 0.1) is 11.2 Å². The summed E-state index contributed by atoms with van der Waals surface area (Å²) in [6, 6.07) is 5.15. The molecule has 0 atom stereocenters. The van der Waals surface area contributed by atoms with Crippen molar-refractivity contribution in [3.05, 3.63) is 30.2 Å². The number of nitrogens with zero attached hydrogens (tertiary/aromatic N) is 1. The number of aromatic nitrogens is 1. The molecular weight excluding hydrogens is 232 g/mol. The molecular formula is C13H16BFNO2. The lowest BCUT2D eigenvalue weighted by molar-refractivity contribution is 0.347. The Kier molecular flexibility index (Phi) is 3.35. The molecule has 0 saturated carbocycles. The maximum absolute atomic E-state index is 14.2. The minimum Gasteiger partial charge on any atom is -0.535 e. The third kappa shape index (κ3) is 2.51. The second-order valence-electron chi connectivity index (χ2n) is 5.54. The molecule has 0 saturated heterocycles. The molecule has 0 fully saturated rings. The fraction of sp³-hybridized carbons (Fsp3) is 0.385. The minimum atomic E-state index is -0.452. The highest BCUT2D eigenvalue weighted by molar-refractivity contribution is 6.17. The Morgan fingerprint density at radius 1 is 1.33 bits per heavy atom. The molecule has 3 nitrogen and oxygen atoms in total. The summed E-state index contributed by atoms with van der Waals surface area (Å²) in [5.41, 5.74) is 0.558. The van der Waals surface area contributed by atoms with Gasteiger partial charge in [0, 0.05) is 18.1 Å². The van der Waals surface area contributed by atoms with Gasteiger partial charge in [-0.3, -0.25) is 0 Å². The fourth-order valence-electron chi connectivity index (χ4n) is 2.02. The molecule has 0 aliphatic heterocycles. The number of hydrogen-bond donors (Lipinski definition) is 1. The summed E-state index contributed by atoms with van der Waals surface area (Å²) >= 11 is 0. The Hall–Kier alpha value is -1.49. The lowest BCUT2D eigenvalue weighted by Crippen LogP contribution is -2.15. The molecule has 0 amide bonds. The quantitative estimate of drug-likeness (QED) is 0.847. The highest BCUT2D eigenvalue weighted by atomic mass is 19.1. The molecule has 2 aromatic rings. The van der Waals surface area contributed by atoms with Gasteiger partial charge in [0.05, 0.1) is 5.52 Å². The number of benzene rings is 1. The van der Waals surface area contributed by atoms with Crippen molar-refractivity contribution in [3.63, 3.8) is 0 Å². The van der Waals surface area contributed by atoms with E-state index in [1.165, 1.54) is 6.07 Å². The lowest BCUT2D eigenvalue weighted by Gasteiger charge is -2.20. The Balaban J connectivity index is 2.52. The zero-order valence-corrected chi connectivity index (χ0v) is 10.8. The molecule has 1 N–H and O–H groups in total. The molecule has 18 heavy (non-hydrogen) atoms. The summed E-state index contributed by atoms with van der Waals surface area (Å²) in [4.78, 5) is 0. The third-order valence-electron chi connectivity index (χ3n) is 2.66. The monoisotopic (exact) mass is 248 g/mol. The van der Waals surface area contributed by atoms with Crippen LogP contribution in [0.1, 0.15) is 20.8 Å². The van der Waals surface area contributed by atoms with E-state index in [2.05, 4.69) is 20.8 Å². The van der Waals surface area contributed by atoms with E-state index in [9.17, 15) is 4.39 Å². The second-order valence-corrected chi connectivity index (χ2v) is 5.54. The van der Waals surface area contributed by atoms with Gasteiger partial charge in [0.2, 0.25) is 0 Å². The van der Waals surface area contributed by atoms with Crippen molar-refractivity contribution in [1.82, 2.24) is 4.57 Å². The van der Waals surface area contributed by atoms with Gasteiger partial charge in [0.1, 0.15) is 5.75 Å². The summed E-state index contributed by atoms with van der Waals surface area (Å²) in [6.07, 6.45) is 1.87. The maximum Gasteiger partial charge on any atom is 0.569 e. The molecule has 1 aromatic heterocycles. The zero-order valence-electron chi connectivity index (χ0n) is 10.8. The van der Waals surface area contributed by atoms with E-state index in [1.54, 1.807) is 6.07 Å². The summed E-state index contributed by atoms with van der Waals surface area (Å²) < 4.78 is 20.9. The van der Waals surface area contributed by atoms with Crippen molar-refractivity contribution in [2.75, 3.05) is 0 Å². The van der Waals surface area contributed by atoms with Crippen molar-refractivity contribution in [2.45, 2.75) is 27.3 Å². The molecule has 1 aromatic carbocycles. The van der Waals surface area contributed by atoms with Gasteiger partial charge < -0.3 is 14.2 Å². The van der Waals surface area contributed by atoms with E-state index in [0.29, 0.717) is 19.7 Å². The van der Waals surface area contributed by atoms with Crippen LogP contribution < -0.4 is 4.65 Å². The van der Waals surface area contributed by atoms with Gasteiger partial charge in [0.15, 0.2) is 5.82 Å². The van der Waals surface area contributed by atoms with E-state index in [4.69, 9.17) is 9.68 Å². The lowest BCUT2D eigenvalue weighted by atomic mass is 9.97. The highest BCUT2D eigenvalue weighted by Gasteiger charge is 2.17. The average Bonchev–Trinajstić information content (AvgIpc) is 2.64. The van der Waals surface area contributed by atoms with E-state index in [-0.39, 0.29) is 11.2 Å². The van der Waals surface area contributed by atoms with Gasteiger partial charge in [-0.2, -0.15) is 0 Å². The third-order valence-corrected chi connectivity index (χ3v) is 2.66. The average molecular weight is 248 g/mol. The van der Waals surface area contributed by atoms with Crippen LogP contribution in [0.4, 0.5) is 4.39 Å². The largest absolute Gasteiger partial charge is 0.569 e. The SMILES string of the molecule is CC(C)(C)Cn1ccc2ccc(O[B]O)c(F)c21. The summed E-state index contributed by atoms with van der Waals surface area (Å²) in [5, 5.41) is 9.42. The predicted molar refractivity (Wildman–Crippen MR) is 70.0 cm³/mol. The molecule has 0 aliphatic rings. The van der Waals surface area contributed by atoms with Crippen LogP contribution in [-0.4, -0.2) is 17.3 Å². The van der Waals surface area contributed by atoms with Crippen molar-refractivity contribution in [3.8, 4) is 5.75 Å². The normalized spacial score (nSPS) is 11.8. The fourth-order valence-corrected chi connectivity index (χ4v) is 2.02. The van der Waals surface area contributed by atoms with Gasteiger partial charge in [-0.25, -0.2) is 4.39 Å². The van der Waals surface area contributed by atoms with Crippen molar-refractivity contribution in [1.29, 1.82) is 0 Å². The molecule has 0 aliphatic carbocycles. The molecule has 0 spiro atoms. The second kappa shape index (κ2) is 4.65. The van der Waals surface area contributed by atoms with Gasteiger partial charge >= 0.3 is 7.69 Å². The zero-order chi connectivity index (χ0) is 13.3. The topological polar surface area (TPSA) is 34.4 Å². The van der Waals surface area contributed by atoms with Gasteiger partial charge in [-0.05, 0) is 23.6 Å². The van der Waals surface area contributed by atoms with Crippen LogP contribution in [0.5, 0.6) is 5.75 Å². The van der Waals surface area contributed by atoms with Crippen molar-refractivity contribution < 1.29 is 14.1 Å². The number of fused-ring (bicyclic) bond motifs is 1. The Bertz CT molecular complexity index is 560. The van der Waals surface area contributed by atoms with E-state index >= 15 is 0 Å². The highest BCUT2D eigenvalue weighted by Crippen LogP contribution is 2.29. The molecule has 0 bridgehead atoms. The molecule has 2 rings (SSSR count). The summed E-state index contributed by atoms with van der Waals surface area (Å²) in [6.45, 7) is 7.00. The molecule has 1 radical (unpaired) electrons. The van der Waals surface area contributed by atoms with Crippen LogP contribution in [0.2, 0.25) is 0 Å². The van der Waals surface area contributed by atoms with Crippen molar-refractivity contribution >= 4 is 18.6 Å². The molecule has 95 valence electrons. The smallest absolute Gasteiger partial charge is 0.535 e. The Morgan fingerprint density at radius 2 is 2.06 bits per heavy atom. The maximum atomic E-state index is 14.2. The Labute approximate surface area is 106 Å². The van der Waals surface area contributed by atoms with E-state index in [1.807, 2.05) is 16.8 Å². The van der Waals surface area contributed by atoms with Gasteiger partial charge in [-0.1, -0.05) is 20.8 Å². The summed E-state index contributed by atoms with van der Waals surface area (Å²) in [7, 11) is 0.487. The van der Waals surface area contributed by atoms with Crippen LogP contribution in [0.3, 0.4) is 0 Å². The van der Waals surface area contributed by atoms with Crippen LogP contribution >= 0.6 is 0 Å². The van der Waals surface area contributed by atoms with Crippen molar-refractivity contribution in [2.24, 2.45) is 5.41 Å². The first-order chi connectivity index (χ1) is 8.42. The summed E-state index contributed by atoms with van der Waals surface area (Å²) in [5.74, 6) is -0.425. The molecule has 1 heterocycles. The van der Waals surface area contributed by atoms with Gasteiger partial charge in [0.25, 0.3) is 0 Å².